The Labute approximate surface area is 186 Å². The van der Waals surface area contributed by atoms with Gasteiger partial charge in [0.25, 0.3) is 0 Å². The van der Waals surface area contributed by atoms with E-state index in [2.05, 4.69) is 15.9 Å². The maximum Gasteiger partial charge on any atom is 0.174 e. The highest BCUT2D eigenvalue weighted by Gasteiger charge is 2.51. The van der Waals surface area contributed by atoms with Gasteiger partial charge in [0.05, 0.1) is 0 Å². The Bertz CT molecular complexity index is 583. The first kappa shape index (κ1) is 26.5. The van der Waals surface area contributed by atoms with Gasteiger partial charge in [0.15, 0.2) is 18.3 Å². The third-order valence-corrected chi connectivity index (χ3v) is 4.07. The molecule has 0 unspecified atom stereocenters. The molecule has 1 rings (SSSR count). The molecule has 0 spiro atoms. The van der Waals surface area contributed by atoms with E-state index < -0.39 is 29.4 Å². The van der Waals surface area contributed by atoms with Crippen molar-refractivity contribution in [3.8, 4) is 0 Å². The Kier molecular flexibility index (Phi) is 13.5. The standard InChI is InChI=1S/C20H31BrO9/c1-7-9-22-28-17-16(13-25-24-11-14(3)4)27-20(21)19(30-26-12-15(5)6)18(17)29-23-10-8-2/h7-12,16-20H,13H2,1-6H3/t16-,17-,18+,19-,20+/m1/s1. The molecule has 0 aliphatic carbocycles. The van der Waals surface area contributed by atoms with Gasteiger partial charge in [-0.05, 0) is 64.8 Å². The van der Waals surface area contributed by atoms with Crippen molar-refractivity contribution in [3.63, 3.8) is 0 Å². The molecule has 0 amide bonds. The van der Waals surface area contributed by atoms with E-state index in [-0.39, 0.29) is 6.61 Å². The summed E-state index contributed by atoms with van der Waals surface area (Å²) in [5.41, 5.74) is 1.85. The van der Waals surface area contributed by atoms with Crippen molar-refractivity contribution in [3.05, 3.63) is 48.3 Å². The minimum absolute atomic E-state index is 0.0147. The van der Waals surface area contributed by atoms with Gasteiger partial charge in [-0.3, -0.25) is 0 Å². The molecule has 0 aromatic carbocycles. The summed E-state index contributed by atoms with van der Waals surface area (Å²) < 4.78 is 5.93. The molecule has 172 valence electrons. The first-order valence-corrected chi connectivity index (χ1v) is 10.4. The predicted octanol–water partition coefficient (Wildman–Crippen LogP) is 4.92. The summed E-state index contributed by atoms with van der Waals surface area (Å²) >= 11 is 3.43. The number of allylic oxidation sites excluding steroid dienone is 4. The maximum atomic E-state index is 5.93. The van der Waals surface area contributed by atoms with Crippen LogP contribution in [0.5, 0.6) is 0 Å². The van der Waals surface area contributed by atoms with Crippen molar-refractivity contribution in [1.82, 2.24) is 0 Å². The summed E-state index contributed by atoms with van der Waals surface area (Å²) in [5.74, 6) is 0. The second-order valence-corrected chi connectivity index (χ2v) is 7.61. The average molecular weight is 495 g/mol. The summed E-state index contributed by atoms with van der Waals surface area (Å²) in [4.78, 5) is 42.2. The summed E-state index contributed by atoms with van der Waals surface area (Å²) in [6.07, 6.45) is 5.92. The Morgan fingerprint density at radius 3 is 1.87 bits per heavy atom. The fourth-order valence-electron chi connectivity index (χ4n) is 2.06. The molecule has 1 fully saturated rings. The maximum absolute atomic E-state index is 5.93. The highest BCUT2D eigenvalue weighted by atomic mass is 79.9. The van der Waals surface area contributed by atoms with E-state index in [0.717, 1.165) is 11.1 Å². The van der Waals surface area contributed by atoms with Gasteiger partial charge in [0, 0.05) is 0 Å². The van der Waals surface area contributed by atoms with Crippen molar-refractivity contribution in [1.29, 1.82) is 0 Å². The van der Waals surface area contributed by atoms with Crippen LogP contribution in [0.15, 0.2) is 48.3 Å². The molecule has 10 heteroatoms. The number of ether oxygens (including phenoxy) is 1. The quantitative estimate of drug-likeness (QED) is 0.116. The Balaban J connectivity index is 2.99. The van der Waals surface area contributed by atoms with Crippen LogP contribution in [0.25, 0.3) is 0 Å². The first-order valence-electron chi connectivity index (χ1n) is 9.44. The van der Waals surface area contributed by atoms with Crippen LogP contribution in [0.3, 0.4) is 0 Å². The molecular formula is C20H31BrO9. The van der Waals surface area contributed by atoms with Gasteiger partial charge in [-0.15, -0.1) is 0 Å². The second kappa shape index (κ2) is 15.3. The van der Waals surface area contributed by atoms with Crippen LogP contribution < -0.4 is 0 Å². The van der Waals surface area contributed by atoms with E-state index >= 15 is 0 Å². The highest BCUT2D eigenvalue weighted by molar-refractivity contribution is 9.09. The number of rotatable bonds is 13. The molecule has 0 N–H and O–H groups in total. The summed E-state index contributed by atoms with van der Waals surface area (Å²) in [6.45, 7) is 11.1. The minimum Gasteiger partial charge on any atom is -0.355 e. The van der Waals surface area contributed by atoms with Gasteiger partial charge >= 0.3 is 0 Å². The molecule has 30 heavy (non-hydrogen) atoms. The molecule has 1 aliphatic heterocycles. The number of hydrogen-bond donors (Lipinski definition) is 0. The Morgan fingerprint density at radius 1 is 0.767 bits per heavy atom. The molecule has 0 aromatic heterocycles. The van der Waals surface area contributed by atoms with E-state index in [1.54, 1.807) is 26.0 Å². The summed E-state index contributed by atoms with van der Waals surface area (Å²) in [7, 11) is 0. The molecule has 9 nitrogen and oxygen atoms in total. The van der Waals surface area contributed by atoms with E-state index in [0.29, 0.717) is 0 Å². The van der Waals surface area contributed by atoms with Crippen LogP contribution >= 0.6 is 15.9 Å². The molecule has 0 aromatic rings. The molecular weight excluding hydrogens is 464 g/mol. The van der Waals surface area contributed by atoms with Crippen molar-refractivity contribution >= 4 is 15.9 Å². The number of hydrogen-bond acceptors (Lipinski definition) is 9. The predicted molar refractivity (Wildman–Crippen MR) is 111 cm³/mol. The lowest BCUT2D eigenvalue weighted by Crippen LogP contribution is -2.59. The van der Waals surface area contributed by atoms with Crippen molar-refractivity contribution in [2.75, 3.05) is 6.61 Å². The molecule has 1 aliphatic rings. The van der Waals surface area contributed by atoms with Crippen LogP contribution in [-0.2, 0) is 43.8 Å². The van der Waals surface area contributed by atoms with Gasteiger partial charge in [0.1, 0.15) is 42.8 Å². The van der Waals surface area contributed by atoms with Crippen LogP contribution in [0.1, 0.15) is 41.5 Å². The van der Waals surface area contributed by atoms with E-state index in [4.69, 9.17) is 43.8 Å². The Hall–Kier alpha value is -1.56. The van der Waals surface area contributed by atoms with Crippen LogP contribution in [0, 0.1) is 0 Å². The first-order chi connectivity index (χ1) is 14.4. The monoisotopic (exact) mass is 494 g/mol. The van der Waals surface area contributed by atoms with E-state index in [1.807, 2.05) is 27.7 Å². The van der Waals surface area contributed by atoms with Crippen molar-refractivity contribution < 1.29 is 43.8 Å². The zero-order valence-electron chi connectivity index (χ0n) is 18.1. The van der Waals surface area contributed by atoms with Gasteiger partial charge in [-0.25, -0.2) is 0 Å². The average Bonchev–Trinajstić information content (AvgIpc) is 2.68. The number of alkyl halides is 1. The minimum atomic E-state index is -0.827. The summed E-state index contributed by atoms with van der Waals surface area (Å²) in [5, 5.41) is -0.638. The van der Waals surface area contributed by atoms with Crippen molar-refractivity contribution in [2.24, 2.45) is 0 Å². The van der Waals surface area contributed by atoms with Crippen molar-refractivity contribution in [2.45, 2.75) is 71.0 Å². The van der Waals surface area contributed by atoms with Gasteiger partial charge in [-0.1, -0.05) is 15.9 Å². The van der Waals surface area contributed by atoms with Crippen LogP contribution in [0.2, 0.25) is 0 Å². The van der Waals surface area contributed by atoms with Crippen LogP contribution in [0.4, 0.5) is 0 Å². The SMILES string of the molecule is CC=COO[C@@H]1[C@@H](OOC=C(C)C)[C@@H](Br)O[C@H](COOC=C(C)C)[C@H]1OOC=CC. The summed E-state index contributed by atoms with van der Waals surface area (Å²) in [6, 6.07) is 0. The van der Waals surface area contributed by atoms with Crippen LogP contribution in [-0.4, -0.2) is 36.0 Å². The van der Waals surface area contributed by atoms with E-state index in [9.17, 15) is 0 Å². The fourth-order valence-corrected chi connectivity index (χ4v) is 2.72. The van der Waals surface area contributed by atoms with Gasteiger partial charge in [0.2, 0.25) is 0 Å². The van der Waals surface area contributed by atoms with E-state index in [1.165, 1.54) is 25.0 Å². The second-order valence-electron chi connectivity index (χ2n) is 6.71. The number of halogens is 1. The lowest BCUT2D eigenvalue weighted by atomic mass is 10.0. The zero-order chi connectivity index (χ0) is 22.4. The third kappa shape index (κ3) is 9.96. The normalized spacial score (nSPS) is 26.4. The highest BCUT2D eigenvalue weighted by Crippen LogP contribution is 2.32. The molecule has 0 bridgehead atoms. The zero-order valence-corrected chi connectivity index (χ0v) is 19.7. The Morgan fingerprint density at radius 2 is 1.30 bits per heavy atom. The fraction of sp³-hybridized carbons (Fsp3) is 0.600. The molecule has 0 saturated carbocycles. The molecule has 1 saturated heterocycles. The molecule has 1 heterocycles. The van der Waals surface area contributed by atoms with Gasteiger partial charge < -0.3 is 24.3 Å². The smallest absolute Gasteiger partial charge is 0.174 e. The largest absolute Gasteiger partial charge is 0.355 e. The third-order valence-electron chi connectivity index (χ3n) is 3.33. The lowest BCUT2D eigenvalue weighted by molar-refractivity contribution is -0.434. The van der Waals surface area contributed by atoms with Gasteiger partial charge in [-0.2, -0.15) is 19.6 Å². The topological polar surface area (TPSA) is 83.1 Å². The molecule has 5 atom stereocenters. The lowest BCUT2D eigenvalue weighted by Gasteiger charge is -2.40. The molecule has 0 radical (unpaired) electrons.